The van der Waals surface area contributed by atoms with Crippen LogP contribution in [0.4, 0.5) is 5.69 Å². The highest BCUT2D eigenvalue weighted by Crippen LogP contribution is 2.43. The molecule has 0 saturated carbocycles. The molecule has 1 aromatic carbocycles. The van der Waals surface area contributed by atoms with Crippen LogP contribution in [0.5, 0.6) is 11.5 Å². The van der Waals surface area contributed by atoms with E-state index in [0.717, 1.165) is 19.4 Å². The Balaban J connectivity index is 2.73. The lowest BCUT2D eigenvalue weighted by Crippen LogP contribution is -2.04. The molecular weight excluding hydrogens is 294 g/mol. The van der Waals surface area contributed by atoms with Crippen molar-refractivity contribution in [2.75, 3.05) is 0 Å². The van der Waals surface area contributed by atoms with Crippen LogP contribution in [0.15, 0.2) is 10.6 Å². The van der Waals surface area contributed by atoms with Crippen molar-refractivity contribution in [3.63, 3.8) is 0 Å². The number of ketones is 1. The molecule has 0 unspecified atom stereocenters. The number of nitro groups is 1. The molecular formula is C13H13N3O6. The van der Waals surface area contributed by atoms with Crippen molar-refractivity contribution in [3.05, 3.63) is 27.6 Å². The van der Waals surface area contributed by atoms with Crippen molar-refractivity contribution in [1.29, 1.82) is 0 Å². The number of aromatic nitrogens is 2. The average Bonchev–Trinajstić information content (AvgIpc) is 2.89. The minimum absolute atomic E-state index is 0.0629. The maximum Gasteiger partial charge on any atom is 0.326 e. The first kappa shape index (κ1) is 15.4. The van der Waals surface area contributed by atoms with E-state index in [9.17, 15) is 25.1 Å². The molecule has 9 heteroatoms. The van der Waals surface area contributed by atoms with Gasteiger partial charge in [-0.3, -0.25) is 14.9 Å². The van der Waals surface area contributed by atoms with Gasteiger partial charge in [0.1, 0.15) is 5.56 Å². The quantitative estimate of drug-likeness (QED) is 0.371. The summed E-state index contributed by atoms with van der Waals surface area (Å²) < 4.78 is 4.98. The fourth-order valence-corrected chi connectivity index (χ4v) is 2.03. The summed E-state index contributed by atoms with van der Waals surface area (Å²) >= 11 is 0. The third-order valence-corrected chi connectivity index (χ3v) is 2.96. The van der Waals surface area contributed by atoms with E-state index in [4.69, 9.17) is 4.52 Å². The molecule has 0 atom stereocenters. The Hall–Kier alpha value is -2.97. The molecule has 0 spiro atoms. The maximum atomic E-state index is 11.8. The van der Waals surface area contributed by atoms with Crippen molar-refractivity contribution in [2.24, 2.45) is 0 Å². The highest BCUT2D eigenvalue weighted by Gasteiger charge is 2.31. The topological polar surface area (TPSA) is 140 Å². The molecule has 0 fully saturated rings. The fourth-order valence-electron chi connectivity index (χ4n) is 2.03. The van der Waals surface area contributed by atoms with Crippen LogP contribution in [-0.4, -0.2) is 31.1 Å². The first-order valence-corrected chi connectivity index (χ1v) is 6.44. The summed E-state index contributed by atoms with van der Waals surface area (Å²) in [7, 11) is 0. The van der Waals surface area contributed by atoms with Gasteiger partial charge in [0.2, 0.25) is 17.5 Å². The lowest BCUT2D eigenvalue weighted by molar-refractivity contribution is -0.386. The first-order valence-electron chi connectivity index (χ1n) is 6.44. The van der Waals surface area contributed by atoms with Crippen LogP contribution in [0.3, 0.4) is 0 Å². The lowest BCUT2D eigenvalue weighted by atomic mass is 10.00. The monoisotopic (exact) mass is 307 g/mol. The molecule has 22 heavy (non-hydrogen) atoms. The Morgan fingerprint density at radius 1 is 1.45 bits per heavy atom. The summed E-state index contributed by atoms with van der Waals surface area (Å²) in [5.74, 6) is -2.14. The Morgan fingerprint density at radius 3 is 2.68 bits per heavy atom. The minimum Gasteiger partial charge on any atom is -0.504 e. The van der Waals surface area contributed by atoms with Crippen molar-refractivity contribution in [2.45, 2.75) is 26.7 Å². The van der Waals surface area contributed by atoms with Crippen molar-refractivity contribution >= 4 is 11.5 Å². The number of aromatic hydroxyl groups is 2. The smallest absolute Gasteiger partial charge is 0.326 e. The molecule has 0 aliphatic heterocycles. The van der Waals surface area contributed by atoms with E-state index in [1.54, 1.807) is 0 Å². The SMILES string of the molecule is CCCc1nc(-c2cc(O)c(O)c([N+](=O)[O-])c2C(C)=O)no1. The lowest BCUT2D eigenvalue weighted by Gasteiger charge is -2.07. The van der Waals surface area contributed by atoms with E-state index in [-0.39, 0.29) is 17.0 Å². The minimum atomic E-state index is -0.976. The van der Waals surface area contributed by atoms with Crippen molar-refractivity contribution in [3.8, 4) is 22.9 Å². The second-order valence-electron chi connectivity index (χ2n) is 4.59. The molecule has 0 saturated heterocycles. The molecule has 2 N–H and O–H groups in total. The Morgan fingerprint density at radius 2 is 2.14 bits per heavy atom. The molecule has 2 rings (SSSR count). The Bertz CT molecular complexity index is 752. The summed E-state index contributed by atoms with van der Waals surface area (Å²) in [6, 6.07) is 1.000. The van der Waals surface area contributed by atoms with E-state index in [1.165, 1.54) is 0 Å². The Labute approximate surface area is 124 Å². The number of nitro benzene ring substituents is 1. The molecule has 2 aromatic rings. The number of carbonyl (C=O) groups is 1. The zero-order chi connectivity index (χ0) is 16.4. The highest BCUT2D eigenvalue weighted by atomic mass is 16.6. The van der Waals surface area contributed by atoms with Crippen LogP contribution in [0.1, 0.15) is 36.5 Å². The number of aryl methyl sites for hydroxylation is 1. The van der Waals surface area contributed by atoms with Crippen LogP contribution < -0.4 is 0 Å². The standard InChI is InChI=1S/C13H13N3O6/c1-3-4-9-14-13(15-22-9)7-5-8(18)12(19)11(16(20)21)10(7)6(2)17/h5,18-19H,3-4H2,1-2H3. The van der Waals surface area contributed by atoms with Gasteiger partial charge in [0, 0.05) is 12.0 Å². The van der Waals surface area contributed by atoms with Gasteiger partial charge in [0.05, 0.1) is 4.92 Å². The van der Waals surface area contributed by atoms with Crippen LogP contribution in [0, 0.1) is 10.1 Å². The second-order valence-corrected chi connectivity index (χ2v) is 4.59. The largest absolute Gasteiger partial charge is 0.504 e. The molecule has 0 bridgehead atoms. The number of hydrogen-bond donors (Lipinski definition) is 2. The van der Waals surface area contributed by atoms with Crippen molar-refractivity contribution in [1.82, 2.24) is 10.1 Å². The molecule has 1 aromatic heterocycles. The van der Waals surface area contributed by atoms with Gasteiger partial charge in [-0.15, -0.1) is 0 Å². The van der Waals surface area contributed by atoms with E-state index in [2.05, 4.69) is 10.1 Å². The molecule has 0 aliphatic rings. The number of Topliss-reactive ketones (excluding diaryl/α,β-unsaturated/α-hetero) is 1. The van der Waals surface area contributed by atoms with E-state index in [0.29, 0.717) is 12.3 Å². The molecule has 1 heterocycles. The number of rotatable bonds is 5. The predicted octanol–water partition coefficient (Wildman–Crippen LogP) is 2.21. The van der Waals surface area contributed by atoms with Crippen LogP contribution in [0.2, 0.25) is 0 Å². The van der Waals surface area contributed by atoms with Gasteiger partial charge in [-0.25, -0.2) is 0 Å². The predicted molar refractivity (Wildman–Crippen MR) is 73.7 cm³/mol. The van der Waals surface area contributed by atoms with Crippen LogP contribution in [-0.2, 0) is 6.42 Å². The van der Waals surface area contributed by atoms with E-state index < -0.39 is 27.9 Å². The fraction of sp³-hybridized carbons (Fsp3) is 0.308. The van der Waals surface area contributed by atoms with E-state index in [1.807, 2.05) is 6.92 Å². The Kier molecular flexibility index (Phi) is 4.06. The van der Waals surface area contributed by atoms with Gasteiger partial charge in [-0.2, -0.15) is 4.98 Å². The molecule has 0 radical (unpaired) electrons. The third-order valence-electron chi connectivity index (χ3n) is 2.96. The number of carbonyl (C=O) groups excluding carboxylic acids is 1. The molecule has 9 nitrogen and oxygen atoms in total. The maximum absolute atomic E-state index is 11.8. The summed E-state index contributed by atoms with van der Waals surface area (Å²) in [5.41, 5.74) is -1.34. The zero-order valence-corrected chi connectivity index (χ0v) is 11.9. The van der Waals surface area contributed by atoms with Gasteiger partial charge >= 0.3 is 5.69 Å². The normalized spacial score (nSPS) is 10.6. The van der Waals surface area contributed by atoms with E-state index >= 15 is 0 Å². The highest BCUT2D eigenvalue weighted by molar-refractivity contribution is 6.05. The zero-order valence-electron chi connectivity index (χ0n) is 11.9. The number of benzene rings is 1. The van der Waals surface area contributed by atoms with Crippen molar-refractivity contribution < 1.29 is 24.5 Å². The number of phenols is 2. The summed E-state index contributed by atoms with van der Waals surface area (Å²) in [6.07, 6.45) is 1.26. The number of nitrogens with zero attached hydrogens (tertiary/aromatic N) is 3. The third kappa shape index (κ3) is 2.60. The first-order chi connectivity index (χ1) is 10.4. The van der Waals surface area contributed by atoms with Gasteiger partial charge in [0.15, 0.2) is 11.5 Å². The van der Waals surface area contributed by atoms with Gasteiger partial charge in [-0.1, -0.05) is 12.1 Å². The molecule has 0 amide bonds. The molecule has 116 valence electrons. The number of phenolic OH excluding ortho intramolecular Hbond substituents is 2. The summed E-state index contributed by atoms with van der Waals surface area (Å²) in [4.78, 5) is 26.0. The summed E-state index contributed by atoms with van der Waals surface area (Å²) in [5, 5.41) is 34.1. The van der Waals surface area contributed by atoms with Crippen LogP contribution >= 0.6 is 0 Å². The van der Waals surface area contributed by atoms with Crippen LogP contribution in [0.25, 0.3) is 11.4 Å². The van der Waals surface area contributed by atoms with Gasteiger partial charge in [0.25, 0.3) is 0 Å². The second kappa shape index (κ2) is 5.80. The number of hydrogen-bond acceptors (Lipinski definition) is 8. The molecule has 0 aliphatic carbocycles. The average molecular weight is 307 g/mol. The summed E-state index contributed by atoms with van der Waals surface area (Å²) in [6.45, 7) is 3.01. The van der Waals surface area contributed by atoms with Gasteiger partial charge in [-0.05, 0) is 19.4 Å². The van der Waals surface area contributed by atoms with Gasteiger partial charge < -0.3 is 14.7 Å².